The number of allylic oxidation sites excluding steroid dienone is 2. The molecule has 0 aliphatic carbocycles. The van der Waals surface area contributed by atoms with Crippen LogP contribution in [0.1, 0.15) is 103 Å². The molecule has 0 heterocycles. The first kappa shape index (κ1) is 23.9. The van der Waals surface area contributed by atoms with Gasteiger partial charge in [-0.15, -0.1) is 0 Å². The van der Waals surface area contributed by atoms with Crippen molar-refractivity contribution in [2.75, 3.05) is 6.61 Å². The van der Waals surface area contributed by atoms with Gasteiger partial charge in [-0.3, -0.25) is 4.52 Å². The summed E-state index contributed by atoms with van der Waals surface area (Å²) in [5.41, 5.74) is 0. The second kappa shape index (κ2) is 17.7. The minimum Gasteiger partial charge on any atom is -0.303 e. The summed E-state index contributed by atoms with van der Waals surface area (Å²) >= 11 is 0. The summed E-state index contributed by atoms with van der Waals surface area (Å²) < 4.78 is 14.9. The lowest BCUT2D eigenvalue weighted by molar-refractivity contribution is 0.193. The molecule has 0 aromatic heterocycles. The first-order chi connectivity index (χ1) is 11.6. The zero-order valence-electron chi connectivity index (χ0n) is 15.6. The van der Waals surface area contributed by atoms with Crippen molar-refractivity contribution < 1.29 is 18.9 Å². The van der Waals surface area contributed by atoms with Gasteiger partial charge >= 0.3 is 7.82 Å². The summed E-state index contributed by atoms with van der Waals surface area (Å²) in [6.07, 6.45) is 23.2. The fourth-order valence-electron chi connectivity index (χ4n) is 2.71. The Balaban J connectivity index is 3.12. The molecule has 0 saturated carbocycles. The van der Waals surface area contributed by atoms with Crippen molar-refractivity contribution in [2.24, 2.45) is 0 Å². The largest absolute Gasteiger partial charge is 0.469 e. The van der Waals surface area contributed by atoms with Crippen molar-refractivity contribution in [2.45, 2.75) is 103 Å². The van der Waals surface area contributed by atoms with Crippen LogP contribution in [0.25, 0.3) is 0 Å². The molecule has 0 amide bonds. The molecule has 0 saturated heterocycles. The van der Waals surface area contributed by atoms with Crippen molar-refractivity contribution in [3.8, 4) is 0 Å². The summed E-state index contributed by atoms with van der Waals surface area (Å²) in [5.74, 6) is 0. The molecule has 2 N–H and O–H groups in total. The summed E-state index contributed by atoms with van der Waals surface area (Å²) in [4.78, 5) is 17.1. The molecule has 4 nitrogen and oxygen atoms in total. The second-order valence-electron chi connectivity index (χ2n) is 6.62. The van der Waals surface area contributed by atoms with E-state index in [1.54, 1.807) is 0 Å². The van der Waals surface area contributed by atoms with Crippen molar-refractivity contribution in [3.05, 3.63) is 12.2 Å². The average Bonchev–Trinajstić information content (AvgIpc) is 2.52. The Morgan fingerprint density at radius 1 is 0.708 bits per heavy atom. The Kier molecular flexibility index (Phi) is 17.6. The molecule has 0 atom stereocenters. The molecule has 0 aromatic rings. The van der Waals surface area contributed by atoms with Crippen molar-refractivity contribution in [3.63, 3.8) is 0 Å². The van der Waals surface area contributed by atoms with Crippen LogP contribution in [-0.4, -0.2) is 16.4 Å². The fourth-order valence-corrected chi connectivity index (χ4v) is 3.08. The van der Waals surface area contributed by atoms with E-state index in [2.05, 4.69) is 23.6 Å². The molecule has 5 heteroatoms. The van der Waals surface area contributed by atoms with Gasteiger partial charge in [0.15, 0.2) is 0 Å². The van der Waals surface area contributed by atoms with E-state index >= 15 is 0 Å². The Hall–Kier alpha value is -0.150. The van der Waals surface area contributed by atoms with Crippen LogP contribution in [0.2, 0.25) is 0 Å². The maximum atomic E-state index is 10.5. The van der Waals surface area contributed by atoms with Crippen LogP contribution in [0.5, 0.6) is 0 Å². The van der Waals surface area contributed by atoms with Gasteiger partial charge in [0.1, 0.15) is 0 Å². The maximum Gasteiger partial charge on any atom is 0.469 e. The lowest BCUT2D eigenvalue weighted by Gasteiger charge is -2.04. The van der Waals surface area contributed by atoms with Gasteiger partial charge < -0.3 is 9.79 Å². The number of hydrogen-bond acceptors (Lipinski definition) is 2. The molecule has 0 spiro atoms. The predicted octanol–water partition coefficient (Wildman–Crippen LogP) is 6.52. The van der Waals surface area contributed by atoms with Crippen LogP contribution in [0.4, 0.5) is 0 Å². The highest BCUT2D eigenvalue weighted by molar-refractivity contribution is 7.46. The van der Waals surface area contributed by atoms with Gasteiger partial charge in [-0.1, -0.05) is 83.3 Å². The number of hydrogen-bond donors (Lipinski definition) is 2. The van der Waals surface area contributed by atoms with Crippen LogP contribution in [0.15, 0.2) is 12.2 Å². The monoisotopic (exact) mass is 362 g/mol. The van der Waals surface area contributed by atoms with Crippen LogP contribution >= 0.6 is 7.82 Å². The molecular formula is C19H39O4P. The van der Waals surface area contributed by atoms with E-state index in [1.807, 2.05) is 0 Å². The molecule has 0 radical (unpaired) electrons. The third-order valence-electron chi connectivity index (χ3n) is 4.17. The quantitative estimate of drug-likeness (QED) is 0.165. The normalized spacial score (nSPS) is 12.3. The van der Waals surface area contributed by atoms with E-state index in [-0.39, 0.29) is 6.61 Å². The van der Waals surface area contributed by atoms with Crippen LogP contribution in [0.3, 0.4) is 0 Å². The van der Waals surface area contributed by atoms with Gasteiger partial charge in [0, 0.05) is 0 Å². The number of phosphoric acid groups is 1. The Morgan fingerprint density at radius 3 is 1.58 bits per heavy atom. The molecule has 0 aliphatic heterocycles. The molecule has 144 valence electrons. The number of rotatable bonds is 18. The van der Waals surface area contributed by atoms with Crippen LogP contribution < -0.4 is 0 Å². The third kappa shape index (κ3) is 21.9. The van der Waals surface area contributed by atoms with E-state index in [4.69, 9.17) is 9.79 Å². The Bertz CT molecular complexity index is 325. The van der Waals surface area contributed by atoms with E-state index in [1.165, 1.54) is 77.0 Å². The average molecular weight is 362 g/mol. The molecule has 0 unspecified atom stereocenters. The summed E-state index contributed by atoms with van der Waals surface area (Å²) in [6.45, 7) is 2.42. The number of phosphoric ester groups is 1. The first-order valence-electron chi connectivity index (χ1n) is 9.91. The summed E-state index contributed by atoms with van der Waals surface area (Å²) in [6, 6.07) is 0. The van der Waals surface area contributed by atoms with Gasteiger partial charge in [0.25, 0.3) is 0 Å². The first-order valence-corrected chi connectivity index (χ1v) is 11.4. The smallest absolute Gasteiger partial charge is 0.303 e. The minimum atomic E-state index is -4.26. The van der Waals surface area contributed by atoms with Crippen molar-refractivity contribution >= 4 is 7.82 Å². The SMILES string of the molecule is CCCCCCCCCC=CCCCCCCCCOP(=O)(O)O. The highest BCUT2D eigenvalue weighted by Gasteiger charge is 2.12. The van der Waals surface area contributed by atoms with Gasteiger partial charge in [0.05, 0.1) is 6.61 Å². The number of unbranched alkanes of at least 4 members (excludes halogenated alkanes) is 13. The Morgan fingerprint density at radius 2 is 1.12 bits per heavy atom. The van der Waals surface area contributed by atoms with Crippen molar-refractivity contribution in [1.29, 1.82) is 0 Å². The predicted molar refractivity (Wildman–Crippen MR) is 102 cm³/mol. The maximum absolute atomic E-state index is 10.5. The van der Waals surface area contributed by atoms with Gasteiger partial charge in [-0.2, -0.15) is 0 Å². The summed E-state index contributed by atoms with van der Waals surface area (Å²) in [7, 11) is -4.26. The van der Waals surface area contributed by atoms with E-state index in [9.17, 15) is 4.57 Å². The molecular weight excluding hydrogens is 323 g/mol. The molecule has 24 heavy (non-hydrogen) atoms. The van der Waals surface area contributed by atoms with Crippen LogP contribution in [-0.2, 0) is 9.09 Å². The zero-order valence-corrected chi connectivity index (χ0v) is 16.5. The van der Waals surface area contributed by atoms with E-state index in [0.717, 1.165) is 19.3 Å². The second-order valence-corrected chi connectivity index (χ2v) is 7.85. The molecule has 0 aromatic carbocycles. The van der Waals surface area contributed by atoms with Crippen LogP contribution in [0, 0.1) is 0 Å². The lowest BCUT2D eigenvalue weighted by Crippen LogP contribution is -1.92. The Labute approximate surface area is 149 Å². The standard InChI is InChI=1S/C19H39O4P/c1-2-3-4-5-6-7-8-9-10-11-12-13-14-15-16-17-18-19-23-24(20,21)22/h10-11H,2-9,12-19H2,1H3,(H2,20,21,22). The topological polar surface area (TPSA) is 66.8 Å². The minimum absolute atomic E-state index is 0.158. The van der Waals surface area contributed by atoms with Crippen molar-refractivity contribution in [1.82, 2.24) is 0 Å². The lowest BCUT2D eigenvalue weighted by atomic mass is 10.1. The fraction of sp³-hybridized carbons (Fsp3) is 0.895. The summed E-state index contributed by atoms with van der Waals surface area (Å²) in [5, 5.41) is 0. The van der Waals surface area contributed by atoms with Gasteiger partial charge in [-0.05, 0) is 32.1 Å². The van der Waals surface area contributed by atoms with E-state index in [0.29, 0.717) is 0 Å². The molecule has 0 rings (SSSR count). The molecule has 0 bridgehead atoms. The zero-order chi connectivity index (χ0) is 17.9. The van der Waals surface area contributed by atoms with Gasteiger partial charge in [0.2, 0.25) is 0 Å². The van der Waals surface area contributed by atoms with Gasteiger partial charge in [-0.25, -0.2) is 4.57 Å². The highest BCUT2D eigenvalue weighted by Crippen LogP contribution is 2.35. The third-order valence-corrected chi connectivity index (χ3v) is 4.68. The highest BCUT2D eigenvalue weighted by atomic mass is 31.2. The van der Waals surface area contributed by atoms with E-state index < -0.39 is 7.82 Å². The molecule has 0 fully saturated rings. The molecule has 0 aliphatic rings.